The Balaban J connectivity index is 1.29. The second kappa shape index (κ2) is 7.18. The van der Waals surface area contributed by atoms with E-state index in [-0.39, 0.29) is 29.3 Å². The topological polar surface area (TPSA) is 73.2 Å². The van der Waals surface area contributed by atoms with E-state index in [1.165, 1.54) is 0 Å². The molecule has 2 unspecified atom stereocenters. The average Bonchev–Trinajstić information content (AvgIpc) is 3.22. The molecular formula is C20H28N2O4. The van der Waals surface area contributed by atoms with Crippen molar-refractivity contribution >= 4 is 5.91 Å². The van der Waals surface area contributed by atoms with Crippen LogP contribution in [0.1, 0.15) is 36.0 Å². The van der Waals surface area contributed by atoms with Gasteiger partial charge in [-0.15, -0.1) is 0 Å². The number of phenols is 1. The zero-order chi connectivity index (χ0) is 18.1. The van der Waals surface area contributed by atoms with E-state index >= 15 is 0 Å². The Morgan fingerprint density at radius 1 is 1.19 bits per heavy atom. The normalized spacial score (nSPS) is 28.7. The lowest BCUT2D eigenvalue weighted by atomic mass is 9.76. The average molecular weight is 360 g/mol. The highest BCUT2D eigenvalue weighted by Gasteiger charge is 2.43. The summed E-state index contributed by atoms with van der Waals surface area (Å²) in [6.45, 7) is 4.95. The van der Waals surface area contributed by atoms with Crippen molar-refractivity contribution in [2.24, 2.45) is 5.41 Å². The Hall–Kier alpha value is -1.63. The molecule has 1 spiro atoms. The van der Waals surface area contributed by atoms with Gasteiger partial charge < -0.3 is 19.8 Å². The number of aliphatic hydroxyl groups excluding tert-OH is 1. The van der Waals surface area contributed by atoms with Crippen LogP contribution in [0.4, 0.5) is 0 Å². The van der Waals surface area contributed by atoms with Gasteiger partial charge in [0.15, 0.2) is 0 Å². The quantitative estimate of drug-likeness (QED) is 0.854. The third-order valence-electron chi connectivity index (χ3n) is 6.22. The number of piperidine rings is 1. The molecule has 0 saturated carbocycles. The van der Waals surface area contributed by atoms with Crippen LogP contribution in [0.25, 0.3) is 0 Å². The van der Waals surface area contributed by atoms with Crippen molar-refractivity contribution in [3.63, 3.8) is 0 Å². The Labute approximate surface area is 154 Å². The van der Waals surface area contributed by atoms with E-state index in [1.54, 1.807) is 24.3 Å². The minimum absolute atomic E-state index is 0.0429. The summed E-state index contributed by atoms with van der Waals surface area (Å²) in [4.78, 5) is 16.8. The first kappa shape index (κ1) is 17.8. The molecule has 0 radical (unpaired) electrons. The first-order valence-corrected chi connectivity index (χ1v) is 9.63. The van der Waals surface area contributed by atoms with Crippen LogP contribution >= 0.6 is 0 Å². The molecule has 0 aromatic heterocycles. The molecule has 3 fully saturated rings. The molecule has 0 aliphatic carbocycles. The maximum absolute atomic E-state index is 12.6. The Kier molecular flexibility index (Phi) is 4.90. The Morgan fingerprint density at radius 3 is 2.58 bits per heavy atom. The second-order valence-corrected chi connectivity index (χ2v) is 8.18. The van der Waals surface area contributed by atoms with Crippen molar-refractivity contribution in [1.29, 1.82) is 0 Å². The lowest BCUT2D eigenvalue weighted by Gasteiger charge is -2.38. The number of carbonyl (C=O) groups excluding carboxylic acids is 1. The molecule has 6 nitrogen and oxygen atoms in total. The summed E-state index contributed by atoms with van der Waals surface area (Å²) in [5, 5.41) is 19.0. The Morgan fingerprint density at radius 2 is 1.92 bits per heavy atom. The monoisotopic (exact) mass is 360 g/mol. The molecule has 3 aliphatic heterocycles. The summed E-state index contributed by atoms with van der Waals surface area (Å²) < 4.78 is 6.08. The molecular weight excluding hydrogens is 332 g/mol. The summed E-state index contributed by atoms with van der Waals surface area (Å²) in [5.41, 5.74) is 0.834. The minimum Gasteiger partial charge on any atom is -0.508 e. The zero-order valence-corrected chi connectivity index (χ0v) is 15.1. The number of benzene rings is 1. The van der Waals surface area contributed by atoms with Gasteiger partial charge in [-0.25, -0.2) is 0 Å². The first-order valence-electron chi connectivity index (χ1n) is 9.63. The van der Waals surface area contributed by atoms with E-state index in [0.717, 1.165) is 65.0 Å². The van der Waals surface area contributed by atoms with Gasteiger partial charge in [0.05, 0.1) is 18.8 Å². The third kappa shape index (κ3) is 3.72. The summed E-state index contributed by atoms with van der Waals surface area (Å²) in [6.07, 6.45) is 3.96. The lowest BCUT2D eigenvalue weighted by Crippen LogP contribution is -2.43. The SMILES string of the molecule is O=C(c1ccc(O)cc1)N1CCC2(CC1)COC(CN1CCC(O)C1)C2. The number of hydrogen-bond acceptors (Lipinski definition) is 5. The van der Waals surface area contributed by atoms with Crippen molar-refractivity contribution in [3.05, 3.63) is 29.8 Å². The standard InChI is InChI=1S/C20H28N2O4/c23-16-3-1-15(2-4-16)19(25)22-9-6-20(7-10-22)11-18(26-14-20)13-21-8-5-17(24)12-21/h1-4,17-18,23-24H,5-14H2. The number of nitrogens with zero attached hydrogens (tertiary/aromatic N) is 2. The molecule has 2 atom stereocenters. The predicted molar refractivity (Wildman–Crippen MR) is 97.1 cm³/mol. The van der Waals surface area contributed by atoms with Crippen LogP contribution < -0.4 is 0 Å². The van der Waals surface area contributed by atoms with Gasteiger partial charge >= 0.3 is 0 Å². The molecule has 1 amide bonds. The van der Waals surface area contributed by atoms with Gasteiger partial charge in [-0.05, 0) is 55.4 Å². The molecule has 1 aromatic carbocycles. The lowest BCUT2D eigenvalue weighted by molar-refractivity contribution is 0.0451. The highest BCUT2D eigenvalue weighted by Crippen LogP contribution is 2.42. The number of carbonyl (C=O) groups is 1. The maximum atomic E-state index is 12.6. The summed E-state index contributed by atoms with van der Waals surface area (Å²) in [7, 11) is 0. The summed E-state index contributed by atoms with van der Waals surface area (Å²) >= 11 is 0. The smallest absolute Gasteiger partial charge is 0.253 e. The van der Waals surface area contributed by atoms with Gasteiger partial charge in [-0.3, -0.25) is 9.69 Å². The van der Waals surface area contributed by atoms with E-state index < -0.39 is 0 Å². The molecule has 1 aromatic rings. The second-order valence-electron chi connectivity index (χ2n) is 8.18. The summed E-state index contributed by atoms with van der Waals surface area (Å²) in [6, 6.07) is 6.48. The number of amides is 1. The van der Waals surface area contributed by atoms with Crippen LogP contribution in [0.2, 0.25) is 0 Å². The number of hydrogen-bond donors (Lipinski definition) is 2. The van der Waals surface area contributed by atoms with E-state index in [0.29, 0.717) is 5.56 Å². The first-order chi connectivity index (χ1) is 12.5. The number of aliphatic hydroxyl groups is 1. The van der Waals surface area contributed by atoms with Gasteiger partial charge in [0.2, 0.25) is 0 Å². The van der Waals surface area contributed by atoms with Crippen molar-refractivity contribution in [1.82, 2.24) is 9.80 Å². The molecule has 142 valence electrons. The highest BCUT2D eigenvalue weighted by molar-refractivity contribution is 5.94. The predicted octanol–water partition coefficient (Wildman–Crippen LogP) is 1.47. The molecule has 3 saturated heterocycles. The number of aromatic hydroxyl groups is 1. The van der Waals surface area contributed by atoms with Gasteiger partial charge in [0, 0.05) is 38.3 Å². The minimum atomic E-state index is -0.181. The van der Waals surface area contributed by atoms with Crippen LogP contribution in [-0.4, -0.2) is 77.5 Å². The van der Waals surface area contributed by atoms with Gasteiger partial charge in [-0.1, -0.05) is 0 Å². The van der Waals surface area contributed by atoms with E-state index in [4.69, 9.17) is 4.74 Å². The van der Waals surface area contributed by atoms with Crippen molar-refractivity contribution in [2.75, 3.05) is 39.3 Å². The maximum Gasteiger partial charge on any atom is 0.253 e. The molecule has 26 heavy (non-hydrogen) atoms. The van der Waals surface area contributed by atoms with Gasteiger partial charge in [0.25, 0.3) is 5.91 Å². The Bertz CT molecular complexity index is 640. The van der Waals surface area contributed by atoms with Crippen LogP contribution in [0.5, 0.6) is 5.75 Å². The van der Waals surface area contributed by atoms with Crippen LogP contribution in [-0.2, 0) is 4.74 Å². The molecule has 0 bridgehead atoms. The highest BCUT2D eigenvalue weighted by atomic mass is 16.5. The van der Waals surface area contributed by atoms with Crippen LogP contribution in [0.15, 0.2) is 24.3 Å². The van der Waals surface area contributed by atoms with Crippen LogP contribution in [0.3, 0.4) is 0 Å². The van der Waals surface area contributed by atoms with E-state index in [2.05, 4.69) is 4.90 Å². The van der Waals surface area contributed by atoms with E-state index in [1.807, 2.05) is 4.90 Å². The number of likely N-dealkylation sites (tertiary alicyclic amines) is 2. The molecule has 3 aliphatic rings. The van der Waals surface area contributed by atoms with E-state index in [9.17, 15) is 15.0 Å². The van der Waals surface area contributed by atoms with Crippen molar-refractivity contribution in [3.8, 4) is 5.75 Å². The molecule has 2 N–H and O–H groups in total. The molecule has 3 heterocycles. The molecule has 4 rings (SSSR count). The van der Waals surface area contributed by atoms with Gasteiger partial charge in [0.1, 0.15) is 5.75 Å². The van der Waals surface area contributed by atoms with Crippen molar-refractivity contribution in [2.45, 2.75) is 37.9 Å². The molecule has 6 heteroatoms. The number of ether oxygens (including phenoxy) is 1. The van der Waals surface area contributed by atoms with Gasteiger partial charge in [-0.2, -0.15) is 0 Å². The fourth-order valence-corrected chi connectivity index (χ4v) is 4.60. The number of phenolic OH excluding ortho intramolecular Hbond substituents is 1. The fraction of sp³-hybridized carbons (Fsp3) is 0.650. The zero-order valence-electron chi connectivity index (χ0n) is 15.1. The number of rotatable bonds is 3. The van der Waals surface area contributed by atoms with Crippen LogP contribution in [0, 0.1) is 5.41 Å². The number of β-amino-alcohol motifs (C(OH)–C–C–N with tert-alkyl or cyclic N) is 1. The third-order valence-corrected chi connectivity index (χ3v) is 6.22. The largest absolute Gasteiger partial charge is 0.508 e. The summed E-state index contributed by atoms with van der Waals surface area (Å²) in [5.74, 6) is 0.222. The fourth-order valence-electron chi connectivity index (χ4n) is 4.60. The van der Waals surface area contributed by atoms with Crippen molar-refractivity contribution < 1.29 is 19.7 Å².